The molecule has 1 aliphatic rings. The van der Waals surface area contributed by atoms with Crippen molar-refractivity contribution in [3.8, 4) is 28.1 Å². The Hall–Kier alpha value is -4.35. The topological polar surface area (TPSA) is 118 Å². The van der Waals surface area contributed by atoms with Crippen molar-refractivity contribution in [1.82, 2.24) is 24.5 Å². The molecule has 5 aromatic rings. The van der Waals surface area contributed by atoms with Crippen LogP contribution in [-0.4, -0.2) is 64.8 Å². The van der Waals surface area contributed by atoms with Crippen molar-refractivity contribution in [2.24, 2.45) is 0 Å². The van der Waals surface area contributed by atoms with E-state index in [1.165, 1.54) is 25.3 Å². The predicted octanol–water partition coefficient (Wildman–Crippen LogP) is 5.73. The third kappa shape index (κ3) is 6.05. The van der Waals surface area contributed by atoms with Crippen LogP contribution in [0.5, 0.6) is 0 Å². The van der Waals surface area contributed by atoms with Gasteiger partial charge in [0, 0.05) is 22.3 Å². The van der Waals surface area contributed by atoms with Gasteiger partial charge in [0.1, 0.15) is 47.8 Å². The number of alkyl halides is 3. The Bertz CT molecular complexity index is 1960. The minimum absolute atomic E-state index is 0.0301. The zero-order chi connectivity index (χ0) is 34.7. The number of halogens is 8. The maximum absolute atomic E-state index is 14.3. The van der Waals surface area contributed by atoms with Gasteiger partial charge in [0.2, 0.25) is 0 Å². The molecule has 3 aromatic carbocycles. The van der Waals surface area contributed by atoms with Crippen molar-refractivity contribution in [1.29, 1.82) is 0 Å². The Morgan fingerprint density at radius 2 is 1.56 bits per heavy atom. The molecule has 9 nitrogen and oxygen atoms in total. The summed E-state index contributed by atoms with van der Waals surface area (Å²) in [5.41, 5.74) is -1.74. The lowest BCUT2D eigenvalue weighted by atomic mass is 9.92. The molecule has 0 bridgehead atoms. The van der Waals surface area contributed by atoms with Crippen molar-refractivity contribution in [2.75, 3.05) is 6.61 Å². The first-order valence-corrected chi connectivity index (χ1v) is 14.5. The first kappa shape index (κ1) is 33.5. The van der Waals surface area contributed by atoms with E-state index < -0.39 is 77.8 Å². The van der Waals surface area contributed by atoms with E-state index in [9.17, 15) is 46.1 Å². The van der Waals surface area contributed by atoms with Gasteiger partial charge in [0.05, 0.1) is 17.9 Å². The minimum Gasteiger partial charge on any atom is -0.394 e. The number of ether oxygens (including phenoxy) is 1. The molecule has 1 aliphatic heterocycles. The number of nitrogens with zero attached hydrogens (tertiary/aromatic N) is 5. The van der Waals surface area contributed by atoms with Crippen molar-refractivity contribution in [2.45, 2.75) is 43.6 Å². The van der Waals surface area contributed by atoms with Crippen LogP contribution in [0.3, 0.4) is 0 Å². The molecular weight excluding hydrogens is 675 g/mol. The molecule has 5 atom stereocenters. The molecule has 3 heterocycles. The van der Waals surface area contributed by atoms with Crippen molar-refractivity contribution < 1.29 is 50.8 Å². The van der Waals surface area contributed by atoms with Crippen LogP contribution in [0, 0.1) is 30.2 Å². The summed E-state index contributed by atoms with van der Waals surface area (Å²) in [6.45, 7) is 0.533. The second kappa shape index (κ2) is 12.6. The van der Waals surface area contributed by atoms with Gasteiger partial charge >= 0.3 is 6.18 Å². The van der Waals surface area contributed by atoms with Gasteiger partial charge in [-0.1, -0.05) is 11.6 Å². The Kier molecular flexibility index (Phi) is 8.80. The van der Waals surface area contributed by atoms with E-state index in [1.807, 2.05) is 0 Å². The van der Waals surface area contributed by atoms with Gasteiger partial charge in [-0.2, -0.15) is 23.4 Å². The van der Waals surface area contributed by atoms with Crippen molar-refractivity contribution in [3.63, 3.8) is 0 Å². The Morgan fingerprint density at radius 3 is 2.19 bits per heavy atom. The molecule has 0 aliphatic carbocycles. The highest BCUT2D eigenvalue weighted by Gasteiger charge is 2.49. The highest BCUT2D eigenvalue weighted by Crippen LogP contribution is 2.42. The number of benzene rings is 3. The molecule has 0 radical (unpaired) electrons. The van der Waals surface area contributed by atoms with Crippen molar-refractivity contribution >= 4 is 11.6 Å². The molecule has 2 aromatic heterocycles. The monoisotopic (exact) mass is 697 g/mol. The average molecular weight is 698 g/mol. The molecule has 6 rings (SSSR count). The van der Waals surface area contributed by atoms with E-state index in [0.717, 1.165) is 39.7 Å². The lowest BCUT2D eigenvalue weighted by Gasteiger charge is -2.42. The van der Waals surface area contributed by atoms with E-state index in [2.05, 4.69) is 15.2 Å². The van der Waals surface area contributed by atoms with E-state index in [0.29, 0.717) is 12.1 Å². The standard InChI is InChI=1S/C31H23ClF7N5O4/c1-13-40-30(44(41-13)22-10-16(32)4-7-19(22)31(37,38)39)29-28(47)26(27(46)23(12-45)48-29)43-11-18(15-8-20(34)24(36)21(35)9-15)25(42-43)14-2-5-17(33)6-3-14/h2-11,23,26-29,45-47H,12H2,1H3/t23?,26-,27-,28?,29+/m0/s1. The quantitative estimate of drug-likeness (QED) is 0.153. The van der Waals surface area contributed by atoms with Gasteiger partial charge in [-0.15, -0.1) is 0 Å². The van der Waals surface area contributed by atoms with Crippen LogP contribution in [0.15, 0.2) is 60.8 Å². The summed E-state index contributed by atoms with van der Waals surface area (Å²) in [6, 6.07) is 7.36. The zero-order valence-electron chi connectivity index (χ0n) is 24.4. The molecule has 0 saturated carbocycles. The Morgan fingerprint density at radius 1 is 0.896 bits per heavy atom. The number of rotatable bonds is 6. The highest BCUT2D eigenvalue weighted by atomic mass is 35.5. The maximum Gasteiger partial charge on any atom is 0.418 e. The first-order valence-electron chi connectivity index (χ1n) is 14.1. The fraction of sp³-hybridized carbons (Fsp3) is 0.258. The van der Waals surface area contributed by atoms with Crippen LogP contribution in [0.1, 0.15) is 29.4 Å². The summed E-state index contributed by atoms with van der Waals surface area (Å²) in [5.74, 6) is -5.78. The molecule has 2 unspecified atom stereocenters. The number of aromatic nitrogens is 5. The summed E-state index contributed by atoms with van der Waals surface area (Å²) in [6.07, 6.45) is -10.4. The summed E-state index contributed by atoms with van der Waals surface area (Å²) in [7, 11) is 0. The fourth-order valence-electron chi connectivity index (χ4n) is 5.63. The SMILES string of the molecule is Cc1nc([C@@H]2OC(CO)[C@H](O)[C@H](n3cc(-c4cc(F)c(F)c(F)c4)c(-c4ccc(F)cc4)n3)C2O)n(-c2cc(Cl)ccc2C(F)(F)F)n1. The smallest absolute Gasteiger partial charge is 0.394 e. The molecule has 3 N–H and O–H groups in total. The van der Waals surface area contributed by atoms with Gasteiger partial charge in [-0.3, -0.25) is 4.68 Å². The third-order valence-corrected chi connectivity index (χ3v) is 8.06. The number of aliphatic hydroxyl groups is 3. The second-order valence-corrected chi connectivity index (χ2v) is 11.4. The summed E-state index contributed by atoms with van der Waals surface area (Å²) in [5, 5.41) is 41.5. The molecule has 252 valence electrons. The third-order valence-electron chi connectivity index (χ3n) is 7.83. The largest absolute Gasteiger partial charge is 0.418 e. The average Bonchev–Trinajstić information content (AvgIpc) is 3.63. The lowest BCUT2D eigenvalue weighted by molar-refractivity contribution is -0.210. The molecule has 1 fully saturated rings. The fourth-order valence-corrected chi connectivity index (χ4v) is 5.79. The van der Waals surface area contributed by atoms with E-state index in [1.54, 1.807) is 0 Å². The van der Waals surface area contributed by atoms with E-state index in [4.69, 9.17) is 16.3 Å². The normalized spacial score (nSPS) is 21.5. The molecular formula is C31H23ClF7N5O4. The molecule has 48 heavy (non-hydrogen) atoms. The Balaban J connectivity index is 1.51. The van der Waals surface area contributed by atoms with Gasteiger partial charge in [-0.25, -0.2) is 27.2 Å². The van der Waals surface area contributed by atoms with Crippen LogP contribution in [0.25, 0.3) is 28.1 Å². The molecule has 0 spiro atoms. The lowest BCUT2D eigenvalue weighted by Crippen LogP contribution is -2.53. The molecule has 17 heteroatoms. The van der Waals surface area contributed by atoms with Crippen LogP contribution < -0.4 is 0 Å². The van der Waals surface area contributed by atoms with Gasteiger partial charge in [0.15, 0.2) is 23.3 Å². The van der Waals surface area contributed by atoms with Gasteiger partial charge in [-0.05, 0) is 67.1 Å². The number of hydrogen-bond acceptors (Lipinski definition) is 7. The highest BCUT2D eigenvalue weighted by molar-refractivity contribution is 6.30. The second-order valence-electron chi connectivity index (χ2n) is 11.0. The maximum atomic E-state index is 14.3. The van der Waals surface area contributed by atoms with Crippen molar-refractivity contribution in [3.05, 3.63) is 106 Å². The minimum atomic E-state index is -4.86. The molecule has 0 amide bonds. The predicted molar refractivity (Wildman–Crippen MR) is 155 cm³/mol. The van der Waals surface area contributed by atoms with E-state index >= 15 is 0 Å². The van der Waals surface area contributed by atoms with Gasteiger partial charge in [0.25, 0.3) is 0 Å². The van der Waals surface area contributed by atoms with Gasteiger partial charge < -0.3 is 20.1 Å². The zero-order valence-corrected chi connectivity index (χ0v) is 25.1. The summed E-state index contributed by atoms with van der Waals surface area (Å²) in [4.78, 5) is 4.20. The van der Waals surface area contributed by atoms with Crippen LogP contribution in [0.4, 0.5) is 30.7 Å². The van der Waals surface area contributed by atoms with Crippen LogP contribution in [-0.2, 0) is 10.9 Å². The van der Waals surface area contributed by atoms with Crippen LogP contribution in [0.2, 0.25) is 5.02 Å². The summed E-state index contributed by atoms with van der Waals surface area (Å²) >= 11 is 6.04. The number of aryl methyl sites for hydroxylation is 1. The number of hydrogen-bond donors (Lipinski definition) is 3. The number of aliphatic hydroxyl groups excluding tert-OH is 3. The Labute approximate surface area is 271 Å². The molecule has 1 saturated heterocycles. The van der Waals surface area contributed by atoms with E-state index in [-0.39, 0.29) is 39.1 Å². The summed E-state index contributed by atoms with van der Waals surface area (Å²) < 4.78 is 106. The van der Waals surface area contributed by atoms with Crippen LogP contribution >= 0.6 is 11.6 Å². The first-order chi connectivity index (χ1) is 22.7.